The molecule has 7 rings (SSSR count). The molecular formula is C50H53N3O8S. The van der Waals surface area contributed by atoms with Crippen LogP contribution >= 0.6 is 0 Å². The number of amides is 1. The Morgan fingerprint density at radius 3 is 2.19 bits per heavy atom. The largest absolute Gasteiger partial charge is 0.508 e. The number of aryl methyl sites for hydroxylation is 1. The molecule has 1 aliphatic heterocycles. The van der Waals surface area contributed by atoms with E-state index in [1.54, 1.807) is 36.4 Å². The van der Waals surface area contributed by atoms with Gasteiger partial charge in [-0.3, -0.25) is 4.79 Å². The summed E-state index contributed by atoms with van der Waals surface area (Å²) in [5.74, 6) is -0.348. The van der Waals surface area contributed by atoms with Crippen LogP contribution in [0.4, 0.5) is 0 Å². The molecule has 1 amide bonds. The Kier molecular flexibility index (Phi) is 14.6. The van der Waals surface area contributed by atoms with E-state index >= 15 is 0 Å². The molecule has 0 aliphatic carbocycles. The van der Waals surface area contributed by atoms with Crippen LogP contribution in [-0.4, -0.2) is 66.8 Å². The van der Waals surface area contributed by atoms with Crippen molar-refractivity contribution in [1.82, 2.24) is 14.9 Å². The second-order valence-electron chi connectivity index (χ2n) is 15.9. The number of nitrogens with zero attached hydrogens (tertiary/aromatic N) is 1. The van der Waals surface area contributed by atoms with Gasteiger partial charge in [-0.15, -0.1) is 0 Å². The van der Waals surface area contributed by atoms with Gasteiger partial charge in [0.2, 0.25) is 15.9 Å². The highest BCUT2D eigenvalue weighted by Crippen LogP contribution is 2.39. The molecule has 11 nitrogen and oxygen atoms in total. The number of aromatic hydroxyl groups is 1. The van der Waals surface area contributed by atoms with Crippen molar-refractivity contribution in [3.05, 3.63) is 191 Å². The molecular weight excluding hydrogens is 803 g/mol. The lowest BCUT2D eigenvalue weighted by molar-refractivity contribution is -0.252. The fourth-order valence-corrected chi connectivity index (χ4v) is 8.83. The molecule has 0 radical (unpaired) electrons. The fourth-order valence-electron chi connectivity index (χ4n) is 7.64. The monoisotopic (exact) mass is 855 g/mol. The fraction of sp³-hybridized carbons (Fsp3) is 0.260. The zero-order valence-corrected chi connectivity index (χ0v) is 35.6. The Balaban J connectivity index is 1.06. The van der Waals surface area contributed by atoms with Gasteiger partial charge in [0, 0.05) is 31.6 Å². The van der Waals surface area contributed by atoms with Gasteiger partial charge in [-0.2, -0.15) is 4.72 Å². The second-order valence-corrected chi connectivity index (χ2v) is 17.6. The molecule has 322 valence electrons. The molecule has 62 heavy (non-hydrogen) atoms. The molecule has 0 spiro atoms. The third-order valence-electron chi connectivity index (χ3n) is 11.0. The summed E-state index contributed by atoms with van der Waals surface area (Å²) in [6, 6.07) is 44.9. The number of phenolic OH excluding ortho intramolecular Hbond substituents is 1. The summed E-state index contributed by atoms with van der Waals surface area (Å²) in [6.07, 6.45) is -1.36. The third-order valence-corrected chi connectivity index (χ3v) is 12.5. The van der Waals surface area contributed by atoms with Crippen LogP contribution in [0, 0.1) is 6.92 Å². The van der Waals surface area contributed by atoms with Gasteiger partial charge in [0.15, 0.2) is 6.29 Å². The van der Waals surface area contributed by atoms with E-state index in [1.807, 2.05) is 122 Å². The number of aliphatic hydroxyl groups excluding tert-OH is 2. The predicted molar refractivity (Wildman–Crippen MR) is 238 cm³/mol. The summed E-state index contributed by atoms with van der Waals surface area (Å²) in [5, 5.41) is 33.5. The molecule has 1 fully saturated rings. The Morgan fingerprint density at radius 1 is 0.774 bits per heavy atom. The Hall–Kier alpha value is -5.70. The number of benzene rings is 6. The minimum atomic E-state index is -3.99. The van der Waals surface area contributed by atoms with Crippen molar-refractivity contribution in [3.8, 4) is 16.9 Å². The van der Waals surface area contributed by atoms with Crippen molar-refractivity contribution >= 4 is 15.9 Å². The number of carbonyl (C=O) groups is 1. The number of rotatable bonds is 17. The van der Waals surface area contributed by atoms with Crippen LogP contribution in [-0.2, 0) is 43.9 Å². The summed E-state index contributed by atoms with van der Waals surface area (Å²) in [6.45, 7) is 2.83. The summed E-state index contributed by atoms with van der Waals surface area (Å²) in [5.41, 5.74) is 7.60. The smallest absolute Gasteiger partial charge is 0.241 e. The van der Waals surface area contributed by atoms with Crippen molar-refractivity contribution in [2.75, 3.05) is 20.1 Å². The number of phenols is 1. The number of aliphatic hydroxyl groups is 2. The van der Waals surface area contributed by atoms with Gasteiger partial charge in [-0.25, -0.2) is 8.42 Å². The van der Waals surface area contributed by atoms with Crippen LogP contribution in [0.5, 0.6) is 5.75 Å². The Morgan fingerprint density at radius 2 is 1.47 bits per heavy atom. The summed E-state index contributed by atoms with van der Waals surface area (Å²) >= 11 is 0. The maximum atomic E-state index is 13.7. The molecule has 1 saturated heterocycles. The highest BCUT2D eigenvalue weighted by atomic mass is 32.2. The van der Waals surface area contributed by atoms with Gasteiger partial charge < -0.3 is 35.0 Å². The number of hydrogen-bond acceptors (Lipinski definition) is 9. The number of ether oxygens (including phenoxy) is 2. The zero-order valence-electron chi connectivity index (χ0n) is 34.8. The minimum absolute atomic E-state index is 0.0579. The lowest BCUT2D eigenvalue weighted by atomic mass is 9.98. The van der Waals surface area contributed by atoms with Gasteiger partial charge in [0.25, 0.3) is 0 Å². The SMILES string of the molecule is Cc1ccc(S(=O)(=O)N[C@H](Cc2ccccc2)C(=O)NCc2cccc(-c3cccc([C@@H]4O[C@H](CN(C)C[C@@H](O)c5cccc(O)c5)C[C@H](c5ccc(CO)cc5)O4)c3)c2)cc1. The van der Waals surface area contributed by atoms with E-state index in [9.17, 15) is 28.5 Å². The molecule has 1 heterocycles. The number of nitrogens with one attached hydrogen (secondary N) is 2. The topological polar surface area (TPSA) is 158 Å². The molecule has 0 unspecified atom stereocenters. The predicted octanol–water partition coefficient (Wildman–Crippen LogP) is 7.28. The van der Waals surface area contributed by atoms with Crippen LogP contribution in [0.2, 0.25) is 0 Å². The van der Waals surface area contributed by atoms with Crippen LogP contribution in [0.3, 0.4) is 0 Å². The minimum Gasteiger partial charge on any atom is -0.508 e. The van der Waals surface area contributed by atoms with Gasteiger partial charge in [-0.1, -0.05) is 121 Å². The van der Waals surface area contributed by atoms with Crippen molar-refractivity contribution < 1.29 is 38.0 Å². The van der Waals surface area contributed by atoms with E-state index in [0.29, 0.717) is 25.1 Å². The highest BCUT2D eigenvalue weighted by Gasteiger charge is 2.33. The van der Waals surface area contributed by atoms with Gasteiger partial charge in [0.1, 0.15) is 11.8 Å². The second kappa shape index (κ2) is 20.4. The van der Waals surface area contributed by atoms with Crippen LogP contribution in [0.15, 0.2) is 157 Å². The normalized spacial score (nSPS) is 17.7. The molecule has 12 heteroatoms. The van der Waals surface area contributed by atoms with E-state index in [2.05, 4.69) is 10.0 Å². The van der Waals surface area contributed by atoms with Gasteiger partial charge in [-0.05, 0) is 95.7 Å². The summed E-state index contributed by atoms with van der Waals surface area (Å²) in [7, 11) is -2.07. The van der Waals surface area contributed by atoms with E-state index in [0.717, 1.165) is 44.5 Å². The lowest BCUT2D eigenvalue weighted by Crippen LogP contribution is -2.47. The molecule has 5 N–H and O–H groups in total. The average molecular weight is 856 g/mol. The van der Waals surface area contributed by atoms with Crippen LogP contribution in [0.1, 0.15) is 63.9 Å². The molecule has 0 aromatic heterocycles. The first-order chi connectivity index (χ1) is 29.9. The number of sulfonamides is 1. The first kappa shape index (κ1) is 44.4. The summed E-state index contributed by atoms with van der Waals surface area (Å²) < 4.78 is 42.7. The van der Waals surface area contributed by atoms with E-state index in [1.165, 1.54) is 12.1 Å². The van der Waals surface area contributed by atoms with Crippen molar-refractivity contribution in [1.29, 1.82) is 0 Å². The van der Waals surface area contributed by atoms with Crippen molar-refractivity contribution in [2.24, 2.45) is 0 Å². The standard InChI is InChI=1S/C50H53N3O8S/c1-34-17-23-45(24-18-34)62(58,59)52-46(26-35-9-4-3-5-10-35)49(57)51-30-37-11-6-12-39(25-37)40-13-7-15-42(27-40)50-60-44(29-48(61-50)38-21-19-36(33-54)20-22-38)31-53(2)32-47(56)41-14-8-16-43(55)28-41/h3-25,27-28,44,46-48,50,52,54-56H,26,29-33H2,1-2H3,(H,51,57)/t44-,46+,47+,48+,50+/m0/s1. The van der Waals surface area contributed by atoms with Gasteiger partial charge in [0.05, 0.1) is 29.8 Å². The first-order valence-electron chi connectivity index (χ1n) is 20.7. The summed E-state index contributed by atoms with van der Waals surface area (Å²) in [4.78, 5) is 15.8. The number of hydrogen-bond donors (Lipinski definition) is 5. The molecule has 6 aromatic carbocycles. The molecule has 0 saturated carbocycles. The molecule has 6 aromatic rings. The number of likely N-dealkylation sites (N-methyl/N-ethyl adjacent to an activating group) is 1. The maximum absolute atomic E-state index is 13.7. The van der Waals surface area contributed by atoms with E-state index in [4.69, 9.17) is 9.47 Å². The van der Waals surface area contributed by atoms with Crippen LogP contribution < -0.4 is 10.0 Å². The van der Waals surface area contributed by atoms with Crippen molar-refractivity contribution in [2.45, 2.75) is 68.5 Å². The van der Waals surface area contributed by atoms with Gasteiger partial charge >= 0.3 is 0 Å². The lowest BCUT2D eigenvalue weighted by Gasteiger charge is -2.38. The Bertz CT molecular complexity index is 2520. The van der Waals surface area contributed by atoms with Crippen molar-refractivity contribution in [3.63, 3.8) is 0 Å². The molecule has 5 atom stereocenters. The zero-order chi connectivity index (χ0) is 43.6. The number of carbonyl (C=O) groups excluding carboxylic acids is 1. The Labute approximate surface area is 363 Å². The third kappa shape index (κ3) is 11.8. The molecule has 1 aliphatic rings. The van der Waals surface area contributed by atoms with E-state index < -0.39 is 34.4 Å². The van der Waals surface area contributed by atoms with E-state index in [-0.39, 0.29) is 42.4 Å². The molecule has 0 bridgehead atoms. The average Bonchev–Trinajstić information content (AvgIpc) is 3.28. The first-order valence-corrected chi connectivity index (χ1v) is 22.2. The maximum Gasteiger partial charge on any atom is 0.241 e. The highest BCUT2D eigenvalue weighted by molar-refractivity contribution is 7.89. The van der Waals surface area contributed by atoms with Crippen LogP contribution in [0.25, 0.3) is 11.1 Å². The quantitative estimate of drug-likeness (QED) is 0.0637.